The Morgan fingerprint density at radius 1 is 1.27 bits per heavy atom. The third-order valence-corrected chi connectivity index (χ3v) is 4.63. The van der Waals surface area contributed by atoms with E-state index < -0.39 is 36.6 Å². The van der Waals surface area contributed by atoms with E-state index in [-0.39, 0.29) is 24.9 Å². The Morgan fingerprint density at radius 3 is 2.31 bits per heavy atom. The number of alkyl halides is 3. The number of hydrogen-bond acceptors (Lipinski definition) is 3. The Hall–Kier alpha value is -1.80. The molecule has 0 bridgehead atoms. The topological polar surface area (TPSA) is 60.9 Å². The maximum Gasteiger partial charge on any atom is 0.393 e. The number of carboxylic acids is 1. The van der Waals surface area contributed by atoms with E-state index in [2.05, 4.69) is 0 Å². The Balaban J connectivity index is 0.00000338. The molecule has 26 heavy (non-hydrogen) atoms. The van der Waals surface area contributed by atoms with E-state index in [1.165, 1.54) is 16.7 Å². The van der Waals surface area contributed by atoms with Crippen molar-refractivity contribution in [2.75, 3.05) is 20.1 Å². The molecule has 0 aliphatic carbocycles. The van der Waals surface area contributed by atoms with Crippen LogP contribution in [0.4, 0.5) is 13.2 Å². The van der Waals surface area contributed by atoms with E-state index in [4.69, 9.17) is 5.11 Å². The van der Waals surface area contributed by atoms with E-state index in [0.29, 0.717) is 6.54 Å². The molecular formula is C17H22ClF3N2O3. The normalized spacial score (nSPS) is 21.7. The second-order valence-corrected chi connectivity index (χ2v) is 6.40. The van der Waals surface area contributed by atoms with Gasteiger partial charge in [0, 0.05) is 26.7 Å². The van der Waals surface area contributed by atoms with E-state index >= 15 is 0 Å². The number of hydrogen-bond donors (Lipinski definition) is 1. The molecule has 1 aromatic rings. The van der Waals surface area contributed by atoms with Gasteiger partial charge in [0.25, 0.3) is 0 Å². The molecule has 1 aromatic carbocycles. The lowest BCUT2D eigenvalue weighted by Gasteiger charge is -2.28. The third-order valence-electron chi connectivity index (χ3n) is 4.63. The minimum absolute atomic E-state index is 0. The maximum atomic E-state index is 13.1. The summed E-state index contributed by atoms with van der Waals surface area (Å²) in [5.41, 5.74) is 0.906. The van der Waals surface area contributed by atoms with E-state index in [0.717, 1.165) is 5.56 Å². The number of likely N-dealkylation sites (N-methyl/N-ethyl adjacent to an activating group) is 1. The van der Waals surface area contributed by atoms with E-state index in [1.807, 2.05) is 30.3 Å². The Morgan fingerprint density at radius 2 is 1.85 bits per heavy atom. The standard InChI is InChI=1S/C17H21F3N2O3.ClH/c1-11(15(23)21(2)8-12-6-4-3-5-7-12)22-9-13(16(24)25)14(10-22)17(18,19)20;/h3-7,11,13-14H,8-10H2,1-2H3,(H,24,25);1H/t11?,13-,14-;/m1./s1. The number of benzene rings is 1. The van der Waals surface area contributed by atoms with Gasteiger partial charge in [-0.3, -0.25) is 14.5 Å². The first-order chi connectivity index (χ1) is 11.6. The molecule has 9 heteroatoms. The first-order valence-electron chi connectivity index (χ1n) is 7.93. The van der Waals surface area contributed by atoms with Crippen molar-refractivity contribution >= 4 is 24.3 Å². The van der Waals surface area contributed by atoms with Crippen molar-refractivity contribution in [3.63, 3.8) is 0 Å². The minimum Gasteiger partial charge on any atom is -0.481 e. The molecule has 146 valence electrons. The van der Waals surface area contributed by atoms with E-state index in [1.54, 1.807) is 7.05 Å². The highest BCUT2D eigenvalue weighted by atomic mass is 35.5. The van der Waals surface area contributed by atoms with Gasteiger partial charge >= 0.3 is 12.1 Å². The van der Waals surface area contributed by atoms with Crippen LogP contribution in [0.15, 0.2) is 30.3 Å². The first-order valence-corrected chi connectivity index (χ1v) is 7.93. The predicted octanol–water partition coefficient (Wildman–Crippen LogP) is 2.65. The largest absolute Gasteiger partial charge is 0.481 e. The van der Waals surface area contributed by atoms with Gasteiger partial charge in [0.05, 0.1) is 17.9 Å². The molecule has 5 nitrogen and oxygen atoms in total. The van der Waals surface area contributed by atoms with Gasteiger partial charge in [0.15, 0.2) is 0 Å². The zero-order valence-corrected chi connectivity index (χ0v) is 15.3. The number of amides is 1. The summed E-state index contributed by atoms with van der Waals surface area (Å²) >= 11 is 0. The molecule has 1 aliphatic rings. The van der Waals surface area contributed by atoms with Gasteiger partial charge in [-0.05, 0) is 12.5 Å². The Kier molecular flexibility index (Phi) is 7.46. The number of rotatable bonds is 5. The van der Waals surface area contributed by atoms with Crippen LogP contribution in [0, 0.1) is 11.8 Å². The summed E-state index contributed by atoms with van der Waals surface area (Å²) in [6, 6.07) is 8.41. The molecule has 1 aliphatic heterocycles. The molecule has 0 radical (unpaired) electrons. The molecule has 1 heterocycles. The van der Waals surface area contributed by atoms with E-state index in [9.17, 15) is 22.8 Å². The number of nitrogens with zero attached hydrogens (tertiary/aromatic N) is 2. The van der Waals surface area contributed by atoms with Crippen LogP contribution in [-0.4, -0.2) is 59.1 Å². The van der Waals surface area contributed by atoms with Crippen LogP contribution in [0.5, 0.6) is 0 Å². The smallest absolute Gasteiger partial charge is 0.393 e. The van der Waals surface area contributed by atoms with Gasteiger partial charge in [0.2, 0.25) is 5.91 Å². The molecule has 1 amide bonds. The van der Waals surface area contributed by atoms with Crippen LogP contribution in [0.2, 0.25) is 0 Å². The highest BCUT2D eigenvalue weighted by Gasteiger charge is 2.53. The summed E-state index contributed by atoms with van der Waals surface area (Å²) in [4.78, 5) is 26.4. The molecule has 1 N–H and O–H groups in total. The summed E-state index contributed by atoms with van der Waals surface area (Å²) in [6.07, 6.45) is -4.60. The predicted molar refractivity (Wildman–Crippen MR) is 91.9 cm³/mol. The zero-order valence-electron chi connectivity index (χ0n) is 14.4. The van der Waals surface area contributed by atoms with Gasteiger partial charge in [-0.1, -0.05) is 30.3 Å². The lowest BCUT2D eigenvalue weighted by Crippen LogP contribution is -2.45. The van der Waals surface area contributed by atoms with Gasteiger partial charge in [-0.2, -0.15) is 13.2 Å². The Labute approximate surface area is 156 Å². The van der Waals surface area contributed by atoms with Crippen molar-refractivity contribution in [2.24, 2.45) is 11.8 Å². The third kappa shape index (κ3) is 5.11. The number of aliphatic carboxylic acids is 1. The molecule has 1 saturated heterocycles. The van der Waals surface area contributed by atoms with Crippen molar-refractivity contribution in [1.29, 1.82) is 0 Å². The maximum absolute atomic E-state index is 13.1. The summed E-state index contributed by atoms with van der Waals surface area (Å²) in [7, 11) is 1.58. The van der Waals surface area contributed by atoms with Crippen LogP contribution >= 0.6 is 12.4 Å². The molecule has 0 saturated carbocycles. The fourth-order valence-electron chi connectivity index (χ4n) is 3.14. The fraction of sp³-hybridized carbons (Fsp3) is 0.529. The van der Waals surface area contributed by atoms with Gasteiger partial charge in [-0.25, -0.2) is 0 Å². The minimum atomic E-state index is -4.60. The van der Waals surface area contributed by atoms with Crippen LogP contribution in [0.3, 0.4) is 0 Å². The molecule has 0 spiro atoms. The second kappa shape index (κ2) is 8.73. The highest BCUT2D eigenvalue weighted by Crippen LogP contribution is 2.38. The number of halogens is 4. The van der Waals surface area contributed by atoms with Crippen molar-refractivity contribution in [3.8, 4) is 0 Å². The SMILES string of the molecule is CC(C(=O)N(C)Cc1ccccc1)N1C[C@@H](C(F)(F)F)[C@H](C(=O)O)C1.Cl. The summed E-state index contributed by atoms with van der Waals surface area (Å²) in [5.74, 6) is -5.33. The average molecular weight is 395 g/mol. The zero-order chi connectivity index (χ0) is 18.8. The van der Waals surface area contributed by atoms with Gasteiger partial charge in [-0.15, -0.1) is 12.4 Å². The van der Waals surface area contributed by atoms with Crippen molar-refractivity contribution in [2.45, 2.75) is 25.7 Å². The average Bonchev–Trinajstić information content (AvgIpc) is 3.00. The highest BCUT2D eigenvalue weighted by molar-refractivity contribution is 5.85. The number of carboxylic acid groups (broad SMARTS) is 1. The van der Waals surface area contributed by atoms with Gasteiger partial charge in [0.1, 0.15) is 0 Å². The molecule has 1 fully saturated rings. The lowest BCUT2D eigenvalue weighted by atomic mass is 9.96. The quantitative estimate of drug-likeness (QED) is 0.834. The number of carbonyl (C=O) groups excluding carboxylic acids is 1. The van der Waals surface area contributed by atoms with Crippen molar-refractivity contribution < 1.29 is 27.9 Å². The monoisotopic (exact) mass is 394 g/mol. The molecule has 0 aromatic heterocycles. The number of likely N-dealkylation sites (tertiary alicyclic amines) is 1. The van der Waals surface area contributed by atoms with Crippen LogP contribution < -0.4 is 0 Å². The molecule has 1 unspecified atom stereocenters. The molecular weight excluding hydrogens is 373 g/mol. The Bertz CT molecular complexity index is 627. The molecule has 3 atom stereocenters. The second-order valence-electron chi connectivity index (χ2n) is 6.40. The van der Waals surface area contributed by atoms with Gasteiger partial charge < -0.3 is 10.0 Å². The van der Waals surface area contributed by atoms with Crippen LogP contribution in [0.1, 0.15) is 12.5 Å². The van der Waals surface area contributed by atoms with Crippen molar-refractivity contribution in [3.05, 3.63) is 35.9 Å². The summed E-state index contributed by atoms with van der Waals surface area (Å²) in [6.45, 7) is 1.09. The number of carbonyl (C=O) groups is 2. The first kappa shape index (κ1) is 22.2. The fourth-order valence-corrected chi connectivity index (χ4v) is 3.14. The van der Waals surface area contributed by atoms with Crippen LogP contribution in [0.25, 0.3) is 0 Å². The van der Waals surface area contributed by atoms with Crippen molar-refractivity contribution in [1.82, 2.24) is 9.80 Å². The van der Waals surface area contributed by atoms with Crippen LogP contribution in [-0.2, 0) is 16.1 Å². The summed E-state index contributed by atoms with van der Waals surface area (Å²) in [5, 5.41) is 9.07. The molecule has 2 rings (SSSR count). The lowest BCUT2D eigenvalue weighted by molar-refractivity contribution is -0.188. The summed E-state index contributed by atoms with van der Waals surface area (Å²) < 4.78 is 39.2.